The second-order valence-corrected chi connectivity index (χ2v) is 7.76. The van der Waals surface area contributed by atoms with Crippen LogP contribution in [0.2, 0.25) is 0 Å². The second-order valence-electron chi connectivity index (χ2n) is 7.76. The molecule has 0 spiro atoms. The van der Waals surface area contributed by atoms with E-state index in [2.05, 4.69) is 4.90 Å². The molecule has 2 rings (SSSR count). The fourth-order valence-electron chi connectivity index (χ4n) is 3.14. The monoisotopic (exact) mass is 341 g/mol. The highest BCUT2D eigenvalue weighted by atomic mass is 16.6. The fourth-order valence-corrected chi connectivity index (χ4v) is 3.14. The number of hydrogen-bond donors (Lipinski definition) is 1. The fraction of sp³-hybridized carbons (Fsp3) is 0.882. The number of nitrogens with zero attached hydrogens (tertiary/aromatic N) is 3. The first kappa shape index (κ1) is 19.0. The molecule has 0 aromatic heterocycles. The first-order chi connectivity index (χ1) is 11.2. The van der Waals surface area contributed by atoms with Crippen LogP contribution in [0.25, 0.3) is 0 Å². The molecule has 0 aliphatic carbocycles. The van der Waals surface area contributed by atoms with Crippen molar-refractivity contribution in [3.63, 3.8) is 0 Å². The van der Waals surface area contributed by atoms with Crippen LogP contribution in [0.4, 0.5) is 4.79 Å². The molecule has 1 atom stereocenters. The number of β-amino-alcohol motifs (C(OH)–C–C–N with tert-alkyl or cyclic N) is 1. The smallest absolute Gasteiger partial charge is 0.410 e. The quantitative estimate of drug-likeness (QED) is 0.823. The third-order valence-electron chi connectivity index (χ3n) is 4.32. The summed E-state index contributed by atoms with van der Waals surface area (Å²) in [6, 6.07) is 0. The van der Waals surface area contributed by atoms with E-state index in [-0.39, 0.29) is 12.5 Å². The van der Waals surface area contributed by atoms with Gasteiger partial charge < -0.3 is 19.6 Å². The highest BCUT2D eigenvalue weighted by Gasteiger charge is 2.31. The van der Waals surface area contributed by atoms with Gasteiger partial charge in [-0.2, -0.15) is 0 Å². The molecule has 1 unspecified atom stereocenters. The molecule has 0 saturated carbocycles. The van der Waals surface area contributed by atoms with E-state index >= 15 is 0 Å². The van der Waals surface area contributed by atoms with Crippen molar-refractivity contribution in [1.29, 1.82) is 0 Å². The predicted molar refractivity (Wildman–Crippen MR) is 90.7 cm³/mol. The van der Waals surface area contributed by atoms with Crippen molar-refractivity contribution in [1.82, 2.24) is 14.7 Å². The van der Waals surface area contributed by atoms with Gasteiger partial charge in [-0.1, -0.05) is 6.42 Å². The van der Waals surface area contributed by atoms with E-state index < -0.39 is 17.8 Å². The molecule has 1 N–H and O–H groups in total. The zero-order chi connectivity index (χ0) is 17.7. The molecule has 0 radical (unpaired) electrons. The standard InChI is InChI=1S/C17H31N3O4/c1-17(2,3)24-16(23)20-10-9-19(15(22)13-20)12-14(21)11-18-7-5-4-6-8-18/h14,21H,4-13H2,1-3H3. The molecule has 0 bridgehead atoms. The Hall–Kier alpha value is -1.34. The number of hydrogen-bond acceptors (Lipinski definition) is 5. The molecular weight excluding hydrogens is 310 g/mol. The molecule has 7 heteroatoms. The Bertz CT molecular complexity index is 444. The van der Waals surface area contributed by atoms with Crippen LogP contribution in [0.3, 0.4) is 0 Å². The minimum absolute atomic E-state index is 0.0192. The molecule has 0 aromatic rings. The van der Waals surface area contributed by atoms with Gasteiger partial charge in [0.2, 0.25) is 5.91 Å². The van der Waals surface area contributed by atoms with Crippen LogP contribution in [-0.4, -0.2) is 89.3 Å². The molecule has 24 heavy (non-hydrogen) atoms. The van der Waals surface area contributed by atoms with Crippen molar-refractivity contribution >= 4 is 12.0 Å². The third-order valence-corrected chi connectivity index (χ3v) is 4.32. The van der Waals surface area contributed by atoms with Gasteiger partial charge in [0, 0.05) is 26.2 Å². The second kappa shape index (κ2) is 8.16. The van der Waals surface area contributed by atoms with Gasteiger partial charge in [0.25, 0.3) is 0 Å². The zero-order valence-electron chi connectivity index (χ0n) is 15.2. The normalized spacial score (nSPS) is 21.8. The summed E-state index contributed by atoms with van der Waals surface area (Å²) in [7, 11) is 0. The first-order valence-corrected chi connectivity index (χ1v) is 8.91. The van der Waals surface area contributed by atoms with E-state index in [4.69, 9.17) is 4.74 Å². The summed E-state index contributed by atoms with van der Waals surface area (Å²) in [5.74, 6) is -0.134. The number of ether oxygens (including phenoxy) is 1. The van der Waals surface area contributed by atoms with Crippen LogP contribution in [0.15, 0.2) is 0 Å². The van der Waals surface area contributed by atoms with Gasteiger partial charge in [-0.3, -0.25) is 9.69 Å². The van der Waals surface area contributed by atoms with Gasteiger partial charge in [-0.05, 0) is 46.7 Å². The van der Waals surface area contributed by atoms with E-state index in [0.29, 0.717) is 26.2 Å². The highest BCUT2D eigenvalue weighted by molar-refractivity contribution is 5.83. The number of carbonyl (C=O) groups excluding carboxylic acids is 2. The molecule has 2 amide bonds. The number of rotatable bonds is 4. The number of amides is 2. The summed E-state index contributed by atoms with van der Waals surface area (Å²) in [5.41, 5.74) is -0.568. The van der Waals surface area contributed by atoms with Crippen LogP contribution < -0.4 is 0 Å². The maximum Gasteiger partial charge on any atom is 0.410 e. The van der Waals surface area contributed by atoms with E-state index in [9.17, 15) is 14.7 Å². The number of aliphatic hydroxyl groups excluding tert-OH is 1. The van der Waals surface area contributed by atoms with Gasteiger partial charge in [0.1, 0.15) is 12.1 Å². The van der Waals surface area contributed by atoms with Crippen molar-refractivity contribution in [3.8, 4) is 0 Å². The Kier molecular flexibility index (Phi) is 6.46. The molecule has 0 aromatic carbocycles. The summed E-state index contributed by atoms with van der Waals surface area (Å²) in [6.07, 6.45) is 2.63. The Morgan fingerprint density at radius 1 is 1.12 bits per heavy atom. The van der Waals surface area contributed by atoms with Gasteiger partial charge in [0.05, 0.1) is 6.10 Å². The van der Waals surface area contributed by atoms with Gasteiger partial charge >= 0.3 is 6.09 Å². The molecule has 2 aliphatic heterocycles. The minimum Gasteiger partial charge on any atom is -0.444 e. The summed E-state index contributed by atoms with van der Waals surface area (Å²) in [6.45, 7) is 9.31. The van der Waals surface area contributed by atoms with E-state index in [1.54, 1.807) is 25.7 Å². The Morgan fingerprint density at radius 3 is 2.38 bits per heavy atom. The molecular formula is C17H31N3O4. The number of piperidine rings is 1. The lowest BCUT2D eigenvalue weighted by molar-refractivity contribution is -0.137. The predicted octanol–water partition coefficient (Wildman–Crippen LogP) is 0.913. The van der Waals surface area contributed by atoms with Crippen LogP contribution in [0.5, 0.6) is 0 Å². The Morgan fingerprint density at radius 2 is 1.79 bits per heavy atom. The van der Waals surface area contributed by atoms with Crippen LogP contribution in [-0.2, 0) is 9.53 Å². The van der Waals surface area contributed by atoms with Crippen molar-refractivity contribution in [2.24, 2.45) is 0 Å². The van der Waals surface area contributed by atoms with E-state index in [1.807, 2.05) is 0 Å². The lowest BCUT2D eigenvalue weighted by atomic mass is 10.1. The Labute approximate surface area is 144 Å². The van der Waals surface area contributed by atoms with Crippen molar-refractivity contribution in [2.75, 3.05) is 45.8 Å². The van der Waals surface area contributed by atoms with E-state index in [0.717, 1.165) is 13.1 Å². The third kappa shape index (κ3) is 5.94. The zero-order valence-corrected chi connectivity index (χ0v) is 15.2. The van der Waals surface area contributed by atoms with Crippen LogP contribution in [0, 0.1) is 0 Å². The molecule has 138 valence electrons. The first-order valence-electron chi connectivity index (χ1n) is 8.91. The summed E-state index contributed by atoms with van der Waals surface area (Å²) < 4.78 is 5.30. The SMILES string of the molecule is CC(C)(C)OC(=O)N1CCN(CC(O)CN2CCCCC2)C(=O)C1. The lowest BCUT2D eigenvalue weighted by Crippen LogP contribution is -2.55. The molecule has 2 saturated heterocycles. The highest BCUT2D eigenvalue weighted by Crippen LogP contribution is 2.13. The van der Waals surface area contributed by atoms with Crippen LogP contribution in [0.1, 0.15) is 40.0 Å². The molecule has 7 nitrogen and oxygen atoms in total. The van der Waals surface area contributed by atoms with E-state index in [1.165, 1.54) is 24.2 Å². The topological polar surface area (TPSA) is 73.3 Å². The van der Waals surface area contributed by atoms with Crippen LogP contribution >= 0.6 is 0 Å². The van der Waals surface area contributed by atoms with Gasteiger partial charge in [0.15, 0.2) is 0 Å². The molecule has 2 fully saturated rings. The van der Waals surface area contributed by atoms with Crippen molar-refractivity contribution in [2.45, 2.75) is 51.7 Å². The minimum atomic E-state index is -0.568. The largest absolute Gasteiger partial charge is 0.444 e. The lowest BCUT2D eigenvalue weighted by Gasteiger charge is -2.37. The summed E-state index contributed by atoms with van der Waals surface area (Å²) >= 11 is 0. The maximum absolute atomic E-state index is 12.3. The van der Waals surface area contributed by atoms with Crippen molar-refractivity contribution < 1.29 is 19.4 Å². The maximum atomic E-state index is 12.3. The Balaban J connectivity index is 1.76. The summed E-state index contributed by atoms with van der Waals surface area (Å²) in [4.78, 5) is 29.6. The number of piperazine rings is 1. The van der Waals surface area contributed by atoms with Crippen molar-refractivity contribution in [3.05, 3.63) is 0 Å². The molecule has 2 heterocycles. The number of carbonyl (C=O) groups is 2. The average molecular weight is 341 g/mol. The van der Waals surface area contributed by atoms with Gasteiger partial charge in [-0.25, -0.2) is 4.79 Å². The summed E-state index contributed by atoms with van der Waals surface area (Å²) in [5, 5.41) is 10.3. The molecule has 2 aliphatic rings. The average Bonchev–Trinajstić information content (AvgIpc) is 2.48. The number of likely N-dealkylation sites (tertiary alicyclic amines) is 1. The number of aliphatic hydroxyl groups is 1. The van der Waals surface area contributed by atoms with Gasteiger partial charge in [-0.15, -0.1) is 0 Å².